The number of amides is 1. The van der Waals surface area contributed by atoms with Crippen LogP contribution in [0.4, 0.5) is 8.78 Å². The lowest BCUT2D eigenvalue weighted by molar-refractivity contribution is -0.135. The first kappa shape index (κ1) is 22.6. The van der Waals surface area contributed by atoms with E-state index in [-0.39, 0.29) is 11.9 Å². The van der Waals surface area contributed by atoms with Crippen LogP contribution in [-0.4, -0.2) is 37.6 Å². The lowest BCUT2D eigenvalue weighted by Crippen LogP contribution is -2.35. The van der Waals surface area contributed by atoms with Crippen molar-refractivity contribution in [3.05, 3.63) is 59.2 Å². The minimum atomic E-state index is -0.863. The Labute approximate surface area is 170 Å². The summed E-state index contributed by atoms with van der Waals surface area (Å²) in [6, 6.07) is 9.18. The maximum absolute atomic E-state index is 13.4. The molecule has 29 heavy (non-hydrogen) atoms. The molecule has 2 aromatic rings. The zero-order valence-corrected chi connectivity index (χ0v) is 17.5. The number of benzene rings is 2. The Balaban J connectivity index is 2.08. The summed E-state index contributed by atoms with van der Waals surface area (Å²) < 4.78 is 38.0. The molecule has 158 valence electrons. The minimum Gasteiger partial charge on any atom is -0.490 e. The van der Waals surface area contributed by atoms with E-state index < -0.39 is 17.7 Å². The van der Waals surface area contributed by atoms with Crippen molar-refractivity contribution < 1.29 is 23.0 Å². The highest BCUT2D eigenvalue weighted by atomic mass is 19.2. The first-order valence-corrected chi connectivity index (χ1v) is 9.54. The van der Waals surface area contributed by atoms with E-state index in [1.54, 1.807) is 33.2 Å². The SMILES string of the molecule is CCOc1cc(CN[C@H](C)c2ccc(F)c(F)c2)ccc1O[C@H](C)C(=O)N(C)C. The van der Waals surface area contributed by atoms with Gasteiger partial charge in [0.15, 0.2) is 29.2 Å². The van der Waals surface area contributed by atoms with Gasteiger partial charge in [-0.1, -0.05) is 12.1 Å². The third-order valence-electron chi connectivity index (χ3n) is 4.46. The van der Waals surface area contributed by atoms with E-state index in [4.69, 9.17) is 9.47 Å². The summed E-state index contributed by atoms with van der Waals surface area (Å²) in [7, 11) is 3.35. The second kappa shape index (κ2) is 10.2. The van der Waals surface area contributed by atoms with Gasteiger partial charge in [0.2, 0.25) is 0 Å². The molecule has 0 aliphatic heterocycles. The first-order chi connectivity index (χ1) is 13.7. The van der Waals surface area contributed by atoms with Crippen LogP contribution < -0.4 is 14.8 Å². The van der Waals surface area contributed by atoms with Gasteiger partial charge in [-0.05, 0) is 56.2 Å². The molecule has 2 atom stereocenters. The van der Waals surface area contributed by atoms with Crippen LogP contribution in [0.2, 0.25) is 0 Å². The molecule has 0 aliphatic rings. The van der Waals surface area contributed by atoms with E-state index >= 15 is 0 Å². The van der Waals surface area contributed by atoms with Crippen LogP contribution in [0.5, 0.6) is 11.5 Å². The van der Waals surface area contributed by atoms with Crippen molar-refractivity contribution >= 4 is 5.91 Å². The van der Waals surface area contributed by atoms with E-state index in [0.29, 0.717) is 30.2 Å². The average Bonchev–Trinajstić information content (AvgIpc) is 2.69. The van der Waals surface area contributed by atoms with E-state index in [1.165, 1.54) is 11.0 Å². The fourth-order valence-electron chi connectivity index (χ4n) is 2.80. The molecule has 0 aromatic heterocycles. The maximum Gasteiger partial charge on any atom is 0.262 e. The second-order valence-corrected chi connectivity index (χ2v) is 6.98. The molecular formula is C22H28F2N2O3. The van der Waals surface area contributed by atoms with E-state index in [0.717, 1.165) is 11.6 Å². The van der Waals surface area contributed by atoms with Crippen LogP contribution in [-0.2, 0) is 11.3 Å². The zero-order chi connectivity index (χ0) is 21.6. The van der Waals surface area contributed by atoms with E-state index in [1.807, 2.05) is 26.0 Å². The highest BCUT2D eigenvalue weighted by Crippen LogP contribution is 2.30. The molecule has 0 saturated carbocycles. The Morgan fingerprint density at radius 3 is 2.41 bits per heavy atom. The van der Waals surface area contributed by atoms with Gasteiger partial charge in [0.25, 0.3) is 5.91 Å². The molecule has 0 unspecified atom stereocenters. The normalized spacial score (nSPS) is 12.9. The Bertz CT molecular complexity index is 843. The van der Waals surface area contributed by atoms with Crippen molar-refractivity contribution in [2.45, 2.75) is 39.5 Å². The van der Waals surface area contributed by atoms with Crippen LogP contribution in [0.25, 0.3) is 0 Å². The second-order valence-electron chi connectivity index (χ2n) is 6.98. The molecule has 0 heterocycles. The van der Waals surface area contributed by atoms with Crippen LogP contribution in [0.3, 0.4) is 0 Å². The fourth-order valence-corrected chi connectivity index (χ4v) is 2.80. The molecule has 0 radical (unpaired) electrons. The molecule has 5 nitrogen and oxygen atoms in total. The average molecular weight is 406 g/mol. The summed E-state index contributed by atoms with van der Waals surface area (Å²) in [5.41, 5.74) is 1.59. The molecule has 7 heteroatoms. The number of halogens is 2. The lowest BCUT2D eigenvalue weighted by Gasteiger charge is -2.21. The number of nitrogens with one attached hydrogen (secondary N) is 1. The highest BCUT2D eigenvalue weighted by molar-refractivity contribution is 5.80. The van der Waals surface area contributed by atoms with Gasteiger partial charge in [0, 0.05) is 26.7 Å². The van der Waals surface area contributed by atoms with E-state index in [2.05, 4.69) is 5.32 Å². The Morgan fingerprint density at radius 1 is 1.07 bits per heavy atom. The van der Waals surface area contributed by atoms with Crippen molar-refractivity contribution in [2.75, 3.05) is 20.7 Å². The molecule has 2 rings (SSSR count). The number of carbonyl (C=O) groups is 1. The van der Waals surface area contributed by atoms with Gasteiger partial charge in [0.1, 0.15) is 0 Å². The summed E-state index contributed by atoms with van der Waals surface area (Å²) in [5, 5.41) is 3.28. The van der Waals surface area contributed by atoms with Gasteiger partial charge in [0.05, 0.1) is 6.61 Å². The molecule has 2 aromatic carbocycles. The van der Waals surface area contributed by atoms with Gasteiger partial charge in [-0.3, -0.25) is 4.79 Å². The third kappa shape index (κ3) is 6.15. The Hall–Kier alpha value is -2.67. The number of nitrogens with zero attached hydrogens (tertiary/aromatic N) is 1. The van der Waals surface area contributed by atoms with Gasteiger partial charge in [-0.15, -0.1) is 0 Å². The van der Waals surface area contributed by atoms with Crippen molar-refractivity contribution in [1.29, 1.82) is 0 Å². The number of hydrogen-bond acceptors (Lipinski definition) is 4. The Kier molecular flexibility index (Phi) is 7.96. The van der Waals surface area contributed by atoms with Gasteiger partial charge >= 0.3 is 0 Å². The summed E-state index contributed by atoms with van der Waals surface area (Å²) in [6.07, 6.45) is -0.637. The molecule has 1 N–H and O–H groups in total. The van der Waals surface area contributed by atoms with Crippen LogP contribution >= 0.6 is 0 Å². The zero-order valence-electron chi connectivity index (χ0n) is 17.5. The van der Waals surface area contributed by atoms with Crippen molar-refractivity contribution in [1.82, 2.24) is 10.2 Å². The third-order valence-corrected chi connectivity index (χ3v) is 4.46. The molecule has 1 amide bonds. The quantitative estimate of drug-likeness (QED) is 0.682. The lowest BCUT2D eigenvalue weighted by atomic mass is 10.1. The standard InChI is InChI=1S/C22H28F2N2O3/c1-6-28-21-11-16(7-10-20(21)29-15(3)22(27)26(4)5)13-25-14(2)17-8-9-18(23)19(24)12-17/h7-12,14-15,25H,6,13H2,1-5H3/t14-,15-/m1/s1. The predicted octanol–water partition coefficient (Wildman–Crippen LogP) is 4.07. The number of hydrogen-bond donors (Lipinski definition) is 1. The summed E-state index contributed by atoms with van der Waals surface area (Å²) in [6.45, 7) is 6.38. The van der Waals surface area contributed by atoms with Crippen LogP contribution in [0.15, 0.2) is 36.4 Å². The smallest absolute Gasteiger partial charge is 0.262 e. The van der Waals surface area contributed by atoms with Crippen molar-refractivity contribution in [2.24, 2.45) is 0 Å². The molecule has 0 aliphatic carbocycles. The molecule has 0 saturated heterocycles. The number of ether oxygens (including phenoxy) is 2. The summed E-state index contributed by atoms with van der Waals surface area (Å²) in [5.74, 6) is -0.825. The number of likely N-dealkylation sites (N-methyl/N-ethyl adjacent to an activating group) is 1. The highest BCUT2D eigenvalue weighted by Gasteiger charge is 2.19. The largest absolute Gasteiger partial charge is 0.490 e. The molecule has 0 bridgehead atoms. The van der Waals surface area contributed by atoms with Crippen LogP contribution in [0.1, 0.15) is 37.9 Å². The molecule has 0 spiro atoms. The maximum atomic E-state index is 13.4. The monoisotopic (exact) mass is 406 g/mol. The van der Waals surface area contributed by atoms with Gasteiger partial charge in [-0.2, -0.15) is 0 Å². The van der Waals surface area contributed by atoms with Crippen molar-refractivity contribution in [3.8, 4) is 11.5 Å². The fraction of sp³-hybridized carbons (Fsp3) is 0.409. The minimum absolute atomic E-state index is 0.140. The van der Waals surface area contributed by atoms with Crippen LogP contribution in [0, 0.1) is 11.6 Å². The van der Waals surface area contributed by atoms with Gasteiger partial charge in [-0.25, -0.2) is 8.78 Å². The Morgan fingerprint density at radius 2 is 1.79 bits per heavy atom. The summed E-state index contributed by atoms with van der Waals surface area (Å²) in [4.78, 5) is 13.5. The first-order valence-electron chi connectivity index (χ1n) is 9.54. The molecular weight excluding hydrogens is 378 g/mol. The van der Waals surface area contributed by atoms with Crippen molar-refractivity contribution in [3.63, 3.8) is 0 Å². The topological polar surface area (TPSA) is 50.8 Å². The number of rotatable bonds is 9. The number of carbonyl (C=O) groups excluding carboxylic acids is 1. The van der Waals surface area contributed by atoms with E-state index in [9.17, 15) is 13.6 Å². The predicted molar refractivity (Wildman–Crippen MR) is 108 cm³/mol. The molecule has 0 fully saturated rings. The van der Waals surface area contributed by atoms with Gasteiger partial charge < -0.3 is 19.7 Å². The summed E-state index contributed by atoms with van der Waals surface area (Å²) >= 11 is 0.